The van der Waals surface area contributed by atoms with Crippen molar-refractivity contribution in [2.24, 2.45) is 5.92 Å². The Morgan fingerprint density at radius 1 is 0.927 bits per heavy atom. The van der Waals surface area contributed by atoms with Crippen LogP contribution in [0.1, 0.15) is 103 Å². The maximum atomic E-state index is 14.1. The molecule has 2 aromatic rings. The van der Waals surface area contributed by atoms with Crippen LogP contribution in [0.15, 0.2) is 72.8 Å². The number of hydrogen-bond acceptors (Lipinski definition) is 5. The molecule has 6 nitrogen and oxygen atoms in total. The fourth-order valence-electron chi connectivity index (χ4n) is 5.37. The third-order valence-electron chi connectivity index (χ3n) is 7.34. The summed E-state index contributed by atoms with van der Waals surface area (Å²) in [6.07, 6.45) is 11.9. The highest BCUT2D eigenvalue weighted by Gasteiger charge is 2.45. The van der Waals surface area contributed by atoms with Crippen molar-refractivity contribution in [1.29, 1.82) is 0 Å². The lowest BCUT2D eigenvalue weighted by molar-refractivity contribution is -0.158. The largest absolute Gasteiger partial charge is 0.460 e. The van der Waals surface area contributed by atoms with Gasteiger partial charge < -0.3 is 9.47 Å². The number of imide groups is 1. The quantitative estimate of drug-likeness (QED) is 0.124. The van der Waals surface area contributed by atoms with Gasteiger partial charge in [0.25, 0.3) is 0 Å². The molecule has 2 atom stereocenters. The molecule has 2 amide bonds. The lowest BCUT2D eigenvalue weighted by atomic mass is 9.84. The topological polar surface area (TPSA) is 72.9 Å². The Bertz CT molecular complexity index is 1080. The van der Waals surface area contributed by atoms with Crippen molar-refractivity contribution < 1.29 is 23.9 Å². The van der Waals surface area contributed by atoms with Crippen molar-refractivity contribution in [2.45, 2.75) is 103 Å². The van der Waals surface area contributed by atoms with Crippen molar-refractivity contribution in [3.63, 3.8) is 0 Å². The number of ether oxygens (including phenoxy) is 2. The number of hydrogen-bond donors (Lipinski definition) is 0. The number of rotatable bonds is 15. The predicted molar refractivity (Wildman–Crippen MR) is 162 cm³/mol. The van der Waals surface area contributed by atoms with Gasteiger partial charge in [-0.15, -0.1) is 0 Å². The first kappa shape index (κ1) is 32.1. The Kier molecular flexibility index (Phi) is 12.6. The van der Waals surface area contributed by atoms with E-state index in [1.54, 1.807) is 20.8 Å². The van der Waals surface area contributed by atoms with Gasteiger partial charge in [0.05, 0.1) is 18.4 Å². The van der Waals surface area contributed by atoms with Crippen LogP contribution in [0.2, 0.25) is 0 Å². The monoisotopic (exact) mass is 561 g/mol. The van der Waals surface area contributed by atoms with E-state index in [0.29, 0.717) is 6.42 Å². The van der Waals surface area contributed by atoms with E-state index in [0.717, 1.165) is 24.0 Å². The molecule has 0 bridgehead atoms. The van der Waals surface area contributed by atoms with Crippen LogP contribution in [0.3, 0.4) is 0 Å². The minimum atomic E-state index is -0.731. The number of cyclic esters (lactones) is 1. The Morgan fingerprint density at radius 2 is 1.51 bits per heavy atom. The van der Waals surface area contributed by atoms with Gasteiger partial charge in [-0.2, -0.15) is 0 Å². The standard InChI is InChI=1S/C35H47NO5/c1-5-6-7-8-9-10-11-12-15-24-29(25-31(37)41-35(2,3)4)33(38)36-30(26-40-34(36)39)32(27-20-16-13-17-21-27)28-22-18-14-19-23-28/h12-23,29-30,32H,5-11,24-26H2,1-4H3/b15-12+/t29-,30+/m1/s1. The molecule has 3 rings (SSSR count). The predicted octanol–water partition coefficient (Wildman–Crippen LogP) is 8.21. The molecule has 41 heavy (non-hydrogen) atoms. The van der Waals surface area contributed by atoms with E-state index in [1.807, 2.05) is 66.7 Å². The Balaban J connectivity index is 1.81. The first-order valence-corrected chi connectivity index (χ1v) is 15.2. The van der Waals surface area contributed by atoms with E-state index < -0.39 is 35.5 Å². The van der Waals surface area contributed by atoms with Crippen molar-refractivity contribution in [1.82, 2.24) is 4.90 Å². The molecule has 1 fully saturated rings. The van der Waals surface area contributed by atoms with Crippen LogP contribution in [0.4, 0.5) is 4.79 Å². The maximum Gasteiger partial charge on any atom is 0.417 e. The number of carbonyl (C=O) groups is 3. The molecule has 0 radical (unpaired) electrons. The van der Waals surface area contributed by atoms with E-state index >= 15 is 0 Å². The molecule has 0 unspecified atom stereocenters. The molecule has 0 aliphatic carbocycles. The number of benzene rings is 2. The first-order chi connectivity index (χ1) is 19.7. The Labute approximate surface area is 246 Å². The van der Waals surface area contributed by atoms with Gasteiger partial charge in [0.15, 0.2) is 0 Å². The minimum Gasteiger partial charge on any atom is -0.460 e. The minimum absolute atomic E-state index is 0.0893. The molecule has 1 aliphatic rings. The zero-order valence-electron chi connectivity index (χ0n) is 25.2. The highest BCUT2D eigenvalue weighted by Crippen LogP contribution is 2.35. The van der Waals surface area contributed by atoms with E-state index in [9.17, 15) is 14.4 Å². The average molecular weight is 562 g/mol. The summed E-state index contributed by atoms with van der Waals surface area (Å²) in [5.41, 5.74) is 1.31. The summed E-state index contributed by atoms with van der Waals surface area (Å²) in [6.45, 7) is 7.72. The summed E-state index contributed by atoms with van der Waals surface area (Å²) in [6, 6.07) is 19.2. The smallest absolute Gasteiger partial charge is 0.417 e. The van der Waals surface area contributed by atoms with Crippen LogP contribution in [0.5, 0.6) is 0 Å². The summed E-state index contributed by atoms with van der Waals surface area (Å²) in [4.78, 5) is 41.3. The highest BCUT2D eigenvalue weighted by atomic mass is 16.6. The maximum absolute atomic E-state index is 14.1. The molecule has 1 saturated heterocycles. The fourth-order valence-corrected chi connectivity index (χ4v) is 5.37. The second-order valence-corrected chi connectivity index (χ2v) is 11.9. The van der Waals surface area contributed by atoms with Gasteiger partial charge in [-0.25, -0.2) is 9.69 Å². The van der Waals surface area contributed by atoms with Crippen LogP contribution in [0.25, 0.3) is 0 Å². The number of allylic oxidation sites excluding steroid dienone is 2. The molecule has 0 aromatic heterocycles. The number of nitrogens with zero attached hydrogens (tertiary/aromatic N) is 1. The molecule has 222 valence electrons. The van der Waals surface area contributed by atoms with E-state index in [1.165, 1.54) is 37.0 Å². The lowest BCUT2D eigenvalue weighted by Crippen LogP contribution is -2.46. The van der Waals surface area contributed by atoms with Gasteiger partial charge in [0, 0.05) is 5.92 Å². The van der Waals surface area contributed by atoms with Crippen molar-refractivity contribution in [3.8, 4) is 0 Å². The number of unbranched alkanes of at least 4 members (excludes halogenated alkanes) is 6. The Morgan fingerprint density at radius 3 is 2.10 bits per heavy atom. The zero-order chi connectivity index (χ0) is 29.7. The van der Waals surface area contributed by atoms with E-state index in [-0.39, 0.29) is 18.9 Å². The Hall–Kier alpha value is -3.41. The summed E-state index contributed by atoms with van der Waals surface area (Å²) < 4.78 is 11.1. The molecule has 2 aromatic carbocycles. The van der Waals surface area contributed by atoms with Gasteiger partial charge in [0.1, 0.15) is 12.2 Å². The van der Waals surface area contributed by atoms with Crippen molar-refractivity contribution in [3.05, 3.63) is 83.9 Å². The van der Waals surface area contributed by atoms with Crippen LogP contribution >= 0.6 is 0 Å². The lowest BCUT2D eigenvalue weighted by Gasteiger charge is -2.31. The normalized spacial score (nSPS) is 16.3. The van der Waals surface area contributed by atoms with Crippen LogP contribution in [-0.4, -0.2) is 41.1 Å². The second kappa shape index (κ2) is 16.1. The van der Waals surface area contributed by atoms with E-state index in [2.05, 4.69) is 13.0 Å². The molecule has 0 saturated carbocycles. The SMILES string of the molecule is CCCCCCCC/C=C/C[C@H](CC(=O)OC(C)(C)C)C(=O)N1C(=O)OC[C@H]1C(c1ccccc1)c1ccccc1. The third-order valence-corrected chi connectivity index (χ3v) is 7.34. The molecular weight excluding hydrogens is 514 g/mol. The van der Waals surface area contributed by atoms with Gasteiger partial charge in [-0.3, -0.25) is 9.59 Å². The van der Waals surface area contributed by atoms with Crippen molar-refractivity contribution in [2.75, 3.05) is 6.61 Å². The molecule has 0 N–H and O–H groups in total. The first-order valence-electron chi connectivity index (χ1n) is 15.2. The van der Waals surface area contributed by atoms with Gasteiger partial charge >= 0.3 is 12.1 Å². The second-order valence-electron chi connectivity index (χ2n) is 11.9. The summed E-state index contributed by atoms with van der Waals surface area (Å²) in [5, 5.41) is 0. The van der Waals surface area contributed by atoms with Crippen LogP contribution < -0.4 is 0 Å². The van der Waals surface area contributed by atoms with Crippen LogP contribution in [-0.2, 0) is 19.1 Å². The summed E-state index contributed by atoms with van der Waals surface area (Å²) in [7, 11) is 0. The summed E-state index contributed by atoms with van der Waals surface area (Å²) >= 11 is 0. The molecule has 1 aliphatic heterocycles. The van der Waals surface area contributed by atoms with Crippen LogP contribution in [0, 0.1) is 5.92 Å². The zero-order valence-corrected chi connectivity index (χ0v) is 25.2. The third kappa shape index (κ3) is 10.2. The van der Waals surface area contributed by atoms with Gasteiger partial charge in [-0.05, 0) is 51.2 Å². The van der Waals surface area contributed by atoms with Crippen molar-refractivity contribution >= 4 is 18.0 Å². The summed E-state index contributed by atoms with van der Waals surface area (Å²) in [5.74, 6) is -1.85. The van der Waals surface area contributed by atoms with Gasteiger partial charge in [0.2, 0.25) is 5.91 Å². The number of esters is 1. The average Bonchev–Trinajstić information content (AvgIpc) is 3.32. The molecule has 0 spiro atoms. The molecule has 6 heteroatoms. The highest BCUT2D eigenvalue weighted by molar-refractivity contribution is 5.96. The number of carbonyl (C=O) groups excluding carboxylic acids is 3. The fraction of sp³-hybridized carbons (Fsp3) is 0.514. The molecule has 1 heterocycles. The van der Waals surface area contributed by atoms with Gasteiger partial charge in [-0.1, -0.05) is 112 Å². The molecular formula is C35H47NO5. The number of amides is 2. The van der Waals surface area contributed by atoms with E-state index in [4.69, 9.17) is 9.47 Å².